The zero-order chi connectivity index (χ0) is 40.6. The Labute approximate surface area is 335 Å². The van der Waals surface area contributed by atoms with Crippen LogP contribution >= 0.6 is 0 Å². The van der Waals surface area contributed by atoms with Gasteiger partial charge in [0.15, 0.2) is 6.29 Å². The van der Waals surface area contributed by atoms with Gasteiger partial charge in [0, 0.05) is 18.4 Å². The number of aliphatic hydroxyl groups excluding tert-OH is 2. The van der Waals surface area contributed by atoms with Crippen molar-refractivity contribution in [2.24, 2.45) is 11.8 Å². The molecular weight excluding hydrogens is 730 g/mol. The molecule has 3 amide bonds. The molecule has 13 nitrogen and oxygen atoms in total. The quantitative estimate of drug-likeness (QED) is 0.0999. The molecule has 0 aromatic heterocycles. The molecule has 2 aliphatic rings. The van der Waals surface area contributed by atoms with Crippen LogP contribution in [0.5, 0.6) is 0 Å². The molecule has 1 aliphatic heterocycles. The van der Waals surface area contributed by atoms with Gasteiger partial charge in [0.05, 0.1) is 24.8 Å². The largest absolute Gasteiger partial charge is 0.445 e. The summed E-state index contributed by atoms with van der Waals surface area (Å²) >= 11 is 0. The average molecular weight is 790 g/mol. The van der Waals surface area contributed by atoms with Crippen molar-refractivity contribution in [1.29, 1.82) is 0 Å². The van der Waals surface area contributed by atoms with Crippen LogP contribution in [0.2, 0.25) is 0 Å². The highest BCUT2D eigenvalue weighted by Gasteiger charge is 2.54. The van der Waals surface area contributed by atoms with Crippen LogP contribution in [0.25, 0.3) is 0 Å². The van der Waals surface area contributed by atoms with Gasteiger partial charge in [-0.05, 0) is 36.0 Å². The Morgan fingerprint density at radius 3 is 1.91 bits per heavy atom. The minimum absolute atomic E-state index is 0.0215. The first-order chi connectivity index (χ1) is 27.6. The molecule has 0 bridgehead atoms. The van der Waals surface area contributed by atoms with Gasteiger partial charge in [0.25, 0.3) is 0 Å². The van der Waals surface area contributed by atoms with E-state index >= 15 is 0 Å². The lowest BCUT2D eigenvalue weighted by Crippen LogP contribution is -2.73. The van der Waals surface area contributed by atoms with Crippen LogP contribution in [-0.4, -0.2) is 83.7 Å². The maximum absolute atomic E-state index is 13.6. The Hall–Kier alpha value is -4.53. The molecule has 0 spiro atoms. The summed E-state index contributed by atoms with van der Waals surface area (Å²) in [7, 11) is 0. The smallest absolute Gasteiger partial charge is 0.407 e. The Morgan fingerprint density at radius 2 is 1.32 bits per heavy atom. The van der Waals surface area contributed by atoms with E-state index in [1.54, 1.807) is 0 Å². The Balaban J connectivity index is 1.35. The molecule has 0 radical (unpaired) electrons. The van der Waals surface area contributed by atoms with E-state index in [0.29, 0.717) is 19.3 Å². The van der Waals surface area contributed by atoms with Gasteiger partial charge in [-0.2, -0.15) is 0 Å². The maximum atomic E-state index is 13.6. The van der Waals surface area contributed by atoms with Crippen LogP contribution in [0.3, 0.4) is 0 Å². The molecule has 5 unspecified atom stereocenters. The fourth-order valence-corrected chi connectivity index (χ4v) is 7.15. The average Bonchev–Trinajstić information content (AvgIpc) is 3.23. The van der Waals surface area contributed by atoms with E-state index in [0.717, 1.165) is 36.0 Å². The minimum atomic E-state index is -1.59. The number of hydrogen-bond donors (Lipinski definition) is 5. The number of rotatable bonds is 18. The fraction of sp³-hybridized carbons (Fsp3) is 0.523. The summed E-state index contributed by atoms with van der Waals surface area (Å²) in [6, 6.07) is 25.7. The van der Waals surface area contributed by atoms with Gasteiger partial charge in [-0.1, -0.05) is 131 Å². The number of alkyl carbamates (subject to hydrolysis) is 2. The van der Waals surface area contributed by atoms with Crippen LogP contribution in [0, 0.1) is 11.8 Å². The minimum Gasteiger partial charge on any atom is -0.445 e. The van der Waals surface area contributed by atoms with Crippen LogP contribution in [0.4, 0.5) is 9.59 Å². The molecule has 10 atom stereocenters. The van der Waals surface area contributed by atoms with Crippen molar-refractivity contribution in [1.82, 2.24) is 16.0 Å². The van der Waals surface area contributed by atoms with E-state index in [4.69, 9.17) is 23.7 Å². The van der Waals surface area contributed by atoms with Crippen molar-refractivity contribution in [3.63, 3.8) is 0 Å². The predicted molar refractivity (Wildman–Crippen MR) is 212 cm³/mol. The molecule has 1 aliphatic carbocycles. The van der Waals surface area contributed by atoms with Crippen LogP contribution in [-0.2, 0) is 48.3 Å². The summed E-state index contributed by atoms with van der Waals surface area (Å²) < 4.78 is 30.4. The molecule has 57 heavy (non-hydrogen) atoms. The van der Waals surface area contributed by atoms with Gasteiger partial charge < -0.3 is 49.8 Å². The van der Waals surface area contributed by atoms with Gasteiger partial charge in [0.2, 0.25) is 5.91 Å². The van der Waals surface area contributed by atoms with E-state index < -0.39 is 61.1 Å². The van der Waals surface area contributed by atoms with Crippen molar-refractivity contribution in [3.05, 3.63) is 108 Å². The zero-order valence-corrected chi connectivity index (χ0v) is 33.2. The van der Waals surface area contributed by atoms with Gasteiger partial charge in [-0.15, -0.1) is 0 Å². The van der Waals surface area contributed by atoms with Gasteiger partial charge in [0.1, 0.15) is 37.6 Å². The summed E-state index contributed by atoms with van der Waals surface area (Å²) in [6.07, 6.45) is -3.43. The normalized spacial score (nSPS) is 26.4. The molecule has 1 saturated carbocycles. The standard InChI is InChI=1S/C44H59N3O10/c1-4-5-9-16-29(2)41(50)46-35-37(48)38(49)40(57-42-30(3)23-24-34(56-42)25-45-43(51)54-27-32-19-12-7-13-20-32)36(39(35)53-26-31-17-10-6-11-18-31)47-44(52)55-28-33-21-14-8-15-22-33/h6-8,10-15,17-22,29-30,34-40,42,48-49H,4-5,9,16,23-28H2,1-3H3,(H,45,51)(H,46,50)(H,47,52)/t29-,30?,34?,35-,36-,37-,38?,39?,40?,42+/m0/s1. The Morgan fingerprint density at radius 1 is 0.737 bits per heavy atom. The Bertz CT molecular complexity index is 1650. The molecule has 13 heteroatoms. The molecule has 2 fully saturated rings. The molecule has 3 aromatic rings. The monoisotopic (exact) mass is 789 g/mol. The van der Waals surface area contributed by atoms with Gasteiger partial charge in [-0.3, -0.25) is 4.79 Å². The van der Waals surface area contributed by atoms with Gasteiger partial charge in [-0.25, -0.2) is 9.59 Å². The lowest BCUT2D eigenvalue weighted by molar-refractivity contribution is -0.276. The summed E-state index contributed by atoms with van der Waals surface area (Å²) in [5.74, 6) is -0.835. The molecule has 3 aromatic carbocycles. The van der Waals surface area contributed by atoms with Crippen molar-refractivity contribution in [2.75, 3.05) is 6.54 Å². The van der Waals surface area contributed by atoms with E-state index in [-0.39, 0.29) is 44.1 Å². The van der Waals surface area contributed by atoms with Crippen molar-refractivity contribution in [3.8, 4) is 0 Å². The van der Waals surface area contributed by atoms with E-state index in [2.05, 4.69) is 22.9 Å². The van der Waals surface area contributed by atoms with Crippen LogP contribution in [0.1, 0.15) is 76.0 Å². The molecule has 1 saturated heterocycles. The lowest BCUT2D eigenvalue weighted by atomic mass is 9.80. The van der Waals surface area contributed by atoms with Crippen molar-refractivity contribution >= 4 is 18.1 Å². The molecular formula is C44H59N3O10. The number of hydrogen-bond acceptors (Lipinski definition) is 10. The summed E-state index contributed by atoms with van der Waals surface area (Å²) in [6.45, 7) is 6.18. The topological polar surface area (TPSA) is 174 Å². The molecule has 5 rings (SSSR count). The van der Waals surface area contributed by atoms with Crippen LogP contribution < -0.4 is 16.0 Å². The fourth-order valence-electron chi connectivity index (χ4n) is 7.15. The Kier molecular flexibility index (Phi) is 17.1. The third kappa shape index (κ3) is 13.3. The molecule has 1 heterocycles. The summed E-state index contributed by atoms with van der Waals surface area (Å²) in [5.41, 5.74) is 2.45. The third-order valence-corrected chi connectivity index (χ3v) is 10.6. The second-order valence-electron chi connectivity index (χ2n) is 15.1. The highest BCUT2D eigenvalue weighted by Crippen LogP contribution is 2.33. The zero-order valence-electron chi connectivity index (χ0n) is 33.2. The number of unbranched alkanes of at least 4 members (excludes halogenated alkanes) is 2. The predicted octanol–water partition coefficient (Wildman–Crippen LogP) is 5.76. The second kappa shape index (κ2) is 22.4. The van der Waals surface area contributed by atoms with E-state index in [1.165, 1.54) is 0 Å². The number of benzene rings is 3. The third-order valence-electron chi connectivity index (χ3n) is 10.6. The van der Waals surface area contributed by atoms with Crippen molar-refractivity contribution in [2.45, 2.75) is 128 Å². The van der Waals surface area contributed by atoms with Gasteiger partial charge >= 0.3 is 12.2 Å². The van der Waals surface area contributed by atoms with E-state index in [9.17, 15) is 24.6 Å². The number of carbonyl (C=O) groups is 3. The molecule has 310 valence electrons. The first kappa shape index (κ1) is 43.6. The highest BCUT2D eigenvalue weighted by molar-refractivity contribution is 5.78. The number of amides is 3. The second-order valence-corrected chi connectivity index (χ2v) is 15.1. The van der Waals surface area contributed by atoms with Crippen molar-refractivity contribution < 1.29 is 48.3 Å². The number of carbonyl (C=O) groups excluding carboxylic acids is 3. The summed E-state index contributed by atoms with van der Waals surface area (Å²) in [5, 5.41) is 32.2. The van der Waals surface area contributed by atoms with E-state index in [1.807, 2.05) is 105 Å². The number of ether oxygens (including phenoxy) is 5. The van der Waals surface area contributed by atoms with Crippen LogP contribution in [0.15, 0.2) is 91.0 Å². The molecule has 5 N–H and O–H groups in total. The summed E-state index contributed by atoms with van der Waals surface area (Å²) in [4.78, 5) is 39.7. The lowest BCUT2D eigenvalue weighted by Gasteiger charge is -2.49. The first-order valence-corrected chi connectivity index (χ1v) is 20.2. The number of nitrogens with one attached hydrogen (secondary N) is 3. The SMILES string of the molecule is CCCCC[C@H](C)C(=O)N[C@@H]1C(OCc2ccccc2)[C@H](NC(=O)OCc2ccccc2)C(O[C@H]2OC(CNC(=O)OCc3ccccc3)CCC2C)C(O)[C@H]1O. The highest BCUT2D eigenvalue weighted by atomic mass is 16.7. The maximum Gasteiger partial charge on any atom is 0.407 e. The number of aliphatic hydroxyl groups is 2. The first-order valence-electron chi connectivity index (χ1n) is 20.2.